The second kappa shape index (κ2) is 5.42. The number of hydrogen-bond donors (Lipinski definition) is 2. The van der Waals surface area contributed by atoms with Gasteiger partial charge in [-0.1, -0.05) is 54.6 Å². The number of hydrogen-bond acceptors (Lipinski definition) is 2. The van der Waals surface area contributed by atoms with Crippen LogP contribution in [-0.4, -0.2) is 6.18 Å². The van der Waals surface area contributed by atoms with E-state index in [0.717, 1.165) is 11.1 Å². The molecule has 0 fully saturated rings. The first-order chi connectivity index (χ1) is 9.02. The van der Waals surface area contributed by atoms with Crippen molar-refractivity contribution in [1.29, 1.82) is 0 Å². The summed E-state index contributed by atoms with van der Waals surface area (Å²) in [5.74, 6) is 4.97. The molecule has 1 unspecified atom stereocenters. The van der Waals surface area contributed by atoms with E-state index in [4.69, 9.17) is 5.84 Å². The molecule has 100 valence electrons. The van der Waals surface area contributed by atoms with Gasteiger partial charge in [0.1, 0.15) is 6.04 Å². The van der Waals surface area contributed by atoms with Crippen LogP contribution in [0, 0.1) is 0 Å². The fourth-order valence-corrected chi connectivity index (χ4v) is 1.88. The third kappa shape index (κ3) is 3.13. The van der Waals surface area contributed by atoms with Gasteiger partial charge >= 0.3 is 6.18 Å². The van der Waals surface area contributed by atoms with Crippen LogP contribution in [0.1, 0.15) is 11.6 Å². The molecule has 19 heavy (non-hydrogen) atoms. The molecule has 0 radical (unpaired) electrons. The molecule has 2 aromatic carbocycles. The van der Waals surface area contributed by atoms with Crippen molar-refractivity contribution in [2.24, 2.45) is 5.84 Å². The molecule has 0 aliphatic heterocycles. The molecule has 0 aliphatic carbocycles. The molecule has 0 amide bonds. The van der Waals surface area contributed by atoms with Crippen molar-refractivity contribution in [3.63, 3.8) is 0 Å². The molecule has 0 heterocycles. The Morgan fingerprint density at radius 3 is 1.84 bits per heavy atom. The molecule has 0 saturated carbocycles. The van der Waals surface area contributed by atoms with E-state index in [9.17, 15) is 13.2 Å². The van der Waals surface area contributed by atoms with E-state index in [-0.39, 0.29) is 5.56 Å². The highest BCUT2D eigenvalue weighted by molar-refractivity contribution is 5.63. The summed E-state index contributed by atoms with van der Waals surface area (Å²) in [7, 11) is 0. The lowest BCUT2D eigenvalue weighted by Crippen LogP contribution is -2.38. The molecule has 0 aromatic heterocycles. The average molecular weight is 266 g/mol. The van der Waals surface area contributed by atoms with E-state index in [2.05, 4.69) is 0 Å². The lowest BCUT2D eigenvalue weighted by Gasteiger charge is -2.19. The van der Waals surface area contributed by atoms with Gasteiger partial charge in [0.05, 0.1) is 0 Å². The summed E-state index contributed by atoms with van der Waals surface area (Å²) in [6.07, 6.45) is -4.41. The topological polar surface area (TPSA) is 38.0 Å². The largest absolute Gasteiger partial charge is 0.409 e. The number of hydrazine groups is 1. The van der Waals surface area contributed by atoms with Gasteiger partial charge in [-0.25, -0.2) is 5.43 Å². The van der Waals surface area contributed by atoms with E-state index >= 15 is 0 Å². The fraction of sp³-hybridized carbons (Fsp3) is 0.143. The van der Waals surface area contributed by atoms with Crippen LogP contribution in [0.2, 0.25) is 0 Å². The lowest BCUT2D eigenvalue weighted by atomic mass is 10.0. The van der Waals surface area contributed by atoms with Gasteiger partial charge in [-0.15, -0.1) is 0 Å². The second-order valence-corrected chi connectivity index (χ2v) is 4.13. The number of rotatable bonds is 3. The zero-order valence-corrected chi connectivity index (χ0v) is 9.98. The lowest BCUT2D eigenvalue weighted by molar-refractivity contribution is -0.157. The minimum atomic E-state index is -4.41. The van der Waals surface area contributed by atoms with E-state index in [1.54, 1.807) is 17.6 Å². The number of alkyl halides is 3. The summed E-state index contributed by atoms with van der Waals surface area (Å²) in [6.45, 7) is 0. The van der Waals surface area contributed by atoms with Crippen LogP contribution in [0.5, 0.6) is 0 Å². The Morgan fingerprint density at radius 2 is 1.37 bits per heavy atom. The predicted molar refractivity (Wildman–Crippen MR) is 68.0 cm³/mol. The first-order valence-corrected chi connectivity index (χ1v) is 5.70. The normalized spacial score (nSPS) is 13.3. The highest BCUT2D eigenvalue weighted by atomic mass is 19.4. The average Bonchev–Trinajstić information content (AvgIpc) is 2.40. The summed E-state index contributed by atoms with van der Waals surface area (Å²) in [5, 5.41) is 0. The van der Waals surface area contributed by atoms with Crippen LogP contribution in [0.15, 0.2) is 54.6 Å². The Labute approximate surface area is 109 Å². The quantitative estimate of drug-likeness (QED) is 0.660. The minimum Gasteiger partial charge on any atom is -0.271 e. The van der Waals surface area contributed by atoms with E-state index < -0.39 is 12.2 Å². The Hall–Kier alpha value is -1.85. The molecule has 1 atom stereocenters. The van der Waals surface area contributed by atoms with Gasteiger partial charge in [-0.2, -0.15) is 13.2 Å². The Morgan fingerprint density at radius 1 is 0.842 bits per heavy atom. The highest BCUT2D eigenvalue weighted by Gasteiger charge is 2.39. The first kappa shape index (κ1) is 13.6. The maximum absolute atomic E-state index is 12.7. The van der Waals surface area contributed by atoms with Crippen molar-refractivity contribution in [3.8, 4) is 11.1 Å². The van der Waals surface area contributed by atoms with Crippen molar-refractivity contribution in [1.82, 2.24) is 5.43 Å². The molecular formula is C14H13F3N2. The molecule has 0 aliphatic rings. The molecule has 2 nitrogen and oxygen atoms in total. The molecule has 0 saturated heterocycles. The van der Waals surface area contributed by atoms with Gasteiger partial charge in [0, 0.05) is 0 Å². The number of halogens is 3. The molecular weight excluding hydrogens is 253 g/mol. The van der Waals surface area contributed by atoms with Crippen LogP contribution in [0.25, 0.3) is 11.1 Å². The van der Waals surface area contributed by atoms with Crippen molar-refractivity contribution in [2.45, 2.75) is 12.2 Å². The van der Waals surface area contributed by atoms with Crippen LogP contribution in [0.3, 0.4) is 0 Å². The molecule has 3 N–H and O–H groups in total. The number of benzene rings is 2. The zero-order chi connectivity index (χ0) is 13.9. The van der Waals surface area contributed by atoms with E-state index in [0.29, 0.717) is 0 Å². The highest BCUT2D eigenvalue weighted by Crippen LogP contribution is 2.32. The predicted octanol–water partition coefficient (Wildman–Crippen LogP) is 3.42. The standard InChI is InChI=1S/C14H13F3N2/c15-14(16,17)13(19-18)12-8-6-11(7-9-12)10-4-2-1-3-5-10/h1-9,13,19H,18H2. The maximum Gasteiger partial charge on any atom is 0.409 e. The molecule has 2 aromatic rings. The third-order valence-corrected chi connectivity index (χ3v) is 2.85. The van der Waals surface area contributed by atoms with Gasteiger partial charge in [-0.3, -0.25) is 5.84 Å². The van der Waals surface area contributed by atoms with Gasteiger partial charge in [0.2, 0.25) is 0 Å². The fourth-order valence-electron chi connectivity index (χ4n) is 1.88. The Balaban J connectivity index is 2.28. The van der Waals surface area contributed by atoms with Crippen LogP contribution in [0.4, 0.5) is 13.2 Å². The zero-order valence-electron chi connectivity index (χ0n) is 9.98. The summed E-state index contributed by atoms with van der Waals surface area (Å²) in [4.78, 5) is 0. The summed E-state index contributed by atoms with van der Waals surface area (Å²) in [5.41, 5.74) is 3.70. The van der Waals surface area contributed by atoms with Crippen LogP contribution in [-0.2, 0) is 0 Å². The number of nitrogens with one attached hydrogen (secondary N) is 1. The van der Waals surface area contributed by atoms with Gasteiger partial charge in [0.15, 0.2) is 0 Å². The maximum atomic E-state index is 12.7. The van der Waals surface area contributed by atoms with Crippen molar-refractivity contribution in [3.05, 3.63) is 60.2 Å². The van der Waals surface area contributed by atoms with Gasteiger partial charge in [-0.05, 0) is 16.7 Å². The Bertz CT molecular complexity index is 521. The van der Waals surface area contributed by atoms with Crippen molar-refractivity contribution >= 4 is 0 Å². The van der Waals surface area contributed by atoms with E-state index in [1.165, 1.54) is 12.1 Å². The summed E-state index contributed by atoms with van der Waals surface area (Å²) in [6, 6.07) is 13.8. The molecule has 0 spiro atoms. The van der Waals surface area contributed by atoms with Crippen molar-refractivity contribution < 1.29 is 13.2 Å². The third-order valence-electron chi connectivity index (χ3n) is 2.85. The first-order valence-electron chi connectivity index (χ1n) is 5.70. The van der Waals surface area contributed by atoms with Gasteiger partial charge < -0.3 is 0 Å². The Kier molecular flexibility index (Phi) is 3.87. The molecule has 5 heteroatoms. The monoisotopic (exact) mass is 266 g/mol. The van der Waals surface area contributed by atoms with Crippen molar-refractivity contribution in [2.75, 3.05) is 0 Å². The van der Waals surface area contributed by atoms with Gasteiger partial charge in [0.25, 0.3) is 0 Å². The molecule has 2 rings (SSSR count). The van der Waals surface area contributed by atoms with E-state index in [1.807, 2.05) is 30.3 Å². The van der Waals surface area contributed by atoms with Crippen LogP contribution < -0.4 is 11.3 Å². The van der Waals surface area contributed by atoms with Crippen LogP contribution >= 0.6 is 0 Å². The minimum absolute atomic E-state index is 0.0923. The SMILES string of the molecule is NNC(c1ccc(-c2ccccc2)cc1)C(F)(F)F. The summed E-state index contributed by atoms with van der Waals surface area (Å²) < 4.78 is 38.1. The molecule has 0 bridgehead atoms. The smallest absolute Gasteiger partial charge is 0.271 e. The summed E-state index contributed by atoms with van der Waals surface area (Å²) >= 11 is 0. The number of nitrogens with two attached hydrogens (primary N) is 1. The second-order valence-electron chi connectivity index (χ2n) is 4.13.